The van der Waals surface area contributed by atoms with Gasteiger partial charge in [0.1, 0.15) is 11.5 Å². The van der Waals surface area contributed by atoms with Crippen molar-refractivity contribution in [3.63, 3.8) is 0 Å². The van der Waals surface area contributed by atoms with E-state index in [9.17, 15) is 19.2 Å². The second kappa shape index (κ2) is 9.50. The van der Waals surface area contributed by atoms with Gasteiger partial charge in [-0.25, -0.2) is 29.1 Å². The highest BCUT2D eigenvalue weighted by molar-refractivity contribution is 5.34. The molecule has 13 heteroatoms. The van der Waals surface area contributed by atoms with E-state index in [1.165, 1.54) is 0 Å². The van der Waals surface area contributed by atoms with E-state index in [1.54, 1.807) is 66.7 Å². The van der Waals surface area contributed by atoms with E-state index in [2.05, 4.69) is 4.98 Å². The van der Waals surface area contributed by atoms with E-state index in [4.69, 9.17) is 18.5 Å². The summed E-state index contributed by atoms with van der Waals surface area (Å²) in [6, 6.07) is 18.7. The number of rotatable bonds is 8. The summed E-state index contributed by atoms with van der Waals surface area (Å²) in [5.74, 6) is -0.0253. The molecule has 0 bridgehead atoms. The lowest BCUT2D eigenvalue weighted by Crippen LogP contribution is -2.17. The van der Waals surface area contributed by atoms with Crippen LogP contribution in [0.15, 0.2) is 95.0 Å². The molecule has 0 saturated heterocycles. The van der Waals surface area contributed by atoms with Crippen molar-refractivity contribution in [3.8, 4) is 23.3 Å². The van der Waals surface area contributed by atoms with Gasteiger partial charge in [0.05, 0.1) is 13.1 Å². The minimum absolute atomic E-state index is 0.0919. The number of ether oxygens (including phenoxy) is 2. The van der Waals surface area contributed by atoms with Crippen LogP contribution in [0.3, 0.4) is 0 Å². The van der Waals surface area contributed by atoms with Crippen LogP contribution in [0.5, 0.6) is 23.3 Å². The Hall–Kier alpha value is -5.33. The number of benzene rings is 2. The Morgan fingerprint density at radius 1 is 0.639 bits per heavy atom. The second-order valence-corrected chi connectivity index (χ2v) is 7.50. The number of nitrogens with zero attached hydrogens (tertiary/aromatic N) is 3. The summed E-state index contributed by atoms with van der Waals surface area (Å²) in [7, 11) is 0. The molecule has 0 radical (unpaired) electrons. The molecule has 13 nitrogen and oxygen atoms in total. The number of hydrogen-bond acceptors (Lipinski definition) is 9. The molecule has 3 heterocycles. The first-order chi connectivity index (χ1) is 17.4. The van der Waals surface area contributed by atoms with E-state index in [0.717, 1.165) is 20.6 Å². The molecule has 0 amide bonds. The average molecular weight is 491 g/mol. The number of H-pyrrole nitrogens is 2. The van der Waals surface area contributed by atoms with Gasteiger partial charge in [-0.1, -0.05) is 30.3 Å². The molecule has 182 valence electrons. The summed E-state index contributed by atoms with van der Waals surface area (Å²) < 4.78 is 22.9. The molecule has 5 rings (SSSR count). The summed E-state index contributed by atoms with van der Waals surface area (Å²) in [6.45, 7) is 0.184. The van der Waals surface area contributed by atoms with Gasteiger partial charge in [-0.15, -0.1) is 9.48 Å². The smallest absolute Gasteiger partial charge is 0.439 e. The van der Waals surface area contributed by atoms with Crippen LogP contribution < -0.4 is 32.4 Å². The maximum Gasteiger partial charge on any atom is 0.440 e. The molecule has 0 aliphatic heterocycles. The molecule has 5 aromatic rings. The molecule has 0 aliphatic rings. The molecule has 2 aromatic carbocycles. The Kier molecular flexibility index (Phi) is 5.93. The molecule has 0 spiro atoms. The number of aromatic amines is 2. The Bertz CT molecular complexity index is 1590. The Morgan fingerprint density at radius 2 is 1.06 bits per heavy atom. The van der Waals surface area contributed by atoms with Gasteiger partial charge < -0.3 is 18.5 Å². The largest absolute Gasteiger partial charge is 0.440 e. The molecule has 0 aliphatic carbocycles. The quantitative estimate of drug-likeness (QED) is 0.328. The lowest BCUT2D eigenvalue weighted by molar-refractivity contribution is 0.258. The van der Waals surface area contributed by atoms with Crippen LogP contribution in [0.4, 0.5) is 0 Å². The van der Waals surface area contributed by atoms with Gasteiger partial charge in [-0.3, -0.25) is 0 Å². The van der Waals surface area contributed by atoms with E-state index in [-0.39, 0.29) is 13.1 Å². The zero-order valence-electron chi connectivity index (χ0n) is 18.4. The third-order valence-corrected chi connectivity index (χ3v) is 4.90. The van der Waals surface area contributed by atoms with E-state index in [0.29, 0.717) is 23.3 Å². The van der Waals surface area contributed by atoms with Crippen LogP contribution in [0.25, 0.3) is 0 Å². The summed E-state index contributed by atoms with van der Waals surface area (Å²) in [6.07, 6.45) is 0. The fourth-order valence-corrected chi connectivity index (χ4v) is 3.24. The molecule has 0 atom stereocenters. The summed E-state index contributed by atoms with van der Waals surface area (Å²) in [4.78, 5) is 53.7. The lowest BCUT2D eigenvalue weighted by Gasteiger charge is -2.09. The lowest BCUT2D eigenvalue weighted by atomic mass is 10.2. The van der Waals surface area contributed by atoms with Crippen LogP contribution in [0.2, 0.25) is 0 Å². The SMILES string of the molecule is O=c1[nH]c(=O)n(Cc2ccc(Oc3cccc(Oc4ccc(Cn5oc(=O)[nH]c5=O)cc4)n3)cc2)o1. The van der Waals surface area contributed by atoms with Gasteiger partial charge in [0.15, 0.2) is 0 Å². The van der Waals surface area contributed by atoms with E-state index < -0.39 is 22.9 Å². The summed E-state index contributed by atoms with van der Waals surface area (Å²) in [5, 5.41) is 0. The second-order valence-electron chi connectivity index (χ2n) is 7.50. The molecule has 36 heavy (non-hydrogen) atoms. The highest BCUT2D eigenvalue weighted by Crippen LogP contribution is 2.25. The van der Waals surface area contributed by atoms with Crippen molar-refractivity contribution in [3.05, 3.63) is 120 Å². The van der Waals surface area contributed by atoms with Crippen molar-refractivity contribution in [2.75, 3.05) is 0 Å². The predicted octanol–water partition coefficient (Wildman–Crippen LogP) is 1.65. The van der Waals surface area contributed by atoms with Crippen molar-refractivity contribution in [1.82, 2.24) is 24.4 Å². The van der Waals surface area contributed by atoms with Crippen molar-refractivity contribution in [2.24, 2.45) is 0 Å². The van der Waals surface area contributed by atoms with Crippen LogP contribution in [-0.2, 0) is 13.1 Å². The normalized spacial score (nSPS) is 10.9. The Balaban J connectivity index is 1.22. The number of nitrogens with one attached hydrogen (secondary N) is 2. The summed E-state index contributed by atoms with van der Waals surface area (Å²) >= 11 is 0. The molecule has 3 aromatic heterocycles. The molecular formula is C23H17N5O8. The van der Waals surface area contributed by atoms with Gasteiger partial charge in [-0.2, -0.15) is 4.98 Å². The highest BCUT2D eigenvalue weighted by Gasteiger charge is 2.08. The third-order valence-electron chi connectivity index (χ3n) is 4.90. The van der Waals surface area contributed by atoms with Gasteiger partial charge in [0.2, 0.25) is 11.8 Å². The monoisotopic (exact) mass is 491 g/mol. The third kappa shape index (κ3) is 5.25. The minimum atomic E-state index is -0.813. The maximum atomic E-state index is 11.6. The van der Waals surface area contributed by atoms with Gasteiger partial charge in [-0.05, 0) is 35.4 Å². The number of aromatic nitrogens is 5. The van der Waals surface area contributed by atoms with Crippen molar-refractivity contribution in [1.29, 1.82) is 0 Å². The zero-order chi connectivity index (χ0) is 25.1. The zero-order valence-corrected chi connectivity index (χ0v) is 18.4. The average Bonchev–Trinajstić information content (AvgIpc) is 3.34. The summed E-state index contributed by atoms with van der Waals surface area (Å²) in [5.41, 5.74) is 0.203. The predicted molar refractivity (Wildman–Crippen MR) is 123 cm³/mol. The standard InChI is InChI=1S/C23H17N5O8/c29-20-25-22(31)35-27(20)12-14-4-8-16(9-5-14)33-18-2-1-3-19(24-18)34-17-10-6-15(7-11-17)13-28-21(30)26-23(32)36-28/h1-11H,12-13H2,(H,25,29,31)(H,26,30,32). The first kappa shape index (κ1) is 22.5. The molecule has 0 fully saturated rings. The molecule has 2 N–H and O–H groups in total. The van der Waals surface area contributed by atoms with Crippen LogP contribution in [0, 0.1) is 0 Å². The van der Waals surface area contributed by atoms with Gasteiger partial charge in [0.25, 0.3) is 0 Å². The fraction of sp³-hybridized carbons (Fsp3) is 0.0870. The van der Waals surface area contributed by atoms with Crippen LogP contribution >= 0.6 is 0 Å². The van der Waals surface area contributed by atoms with Crippen LogP contribution in [0.1, 0.15) is 11.1 Å². The van der Waals surface area contributed by atoms with Gasteiger partial charge >= 0.3 is 22.9 Å². The fourth-order valence-electron chi connectivity index (χ4n) is 3.24. The molecular weight excluding hydrogens is 474 g/mol. The first-order valence-corrected chi connectivity index (χ1v) is 10.5. The number of pyridine rings is 1. The molecule has 0 unspecified atom stereocenters. The maximum absolute atomic E-state index is 11.6. The van der Waals surface area contributed by atoms with E-state index in [1.807, 2.05) is 9.97 Å². The van der Waals surface area contributed by atoms with Crippen LogP contribution in [-0.4, -0.2) is 24.4 Å². The van der Waals surface area contributed by atoms with E-state index >= 15 is 0 Å². The minimum Gasteiger partial charge on any atom is -0.439 e. The topological polar surface area (TPSA) is 167 Å². The first-order valence-electron chi connectivity index (χ1n) is 10.5. The highest BCUT2D eigenvalue weighted by atomic mass is 16.5. The Labute approximate surface area is 199 Å². The van der Waals surface area contributed by atoms with Gasteiger partial charge in [0, 0.05) is 12.1 Å². The van der Waals surface area contributed by atoms with Crippen molar-refractivity contribution in [2.45, 2.75) is 13.1 Å². The van der Waals surface area contributed by atoms with Crippen molar-refractivity contribution < 1.29 is 18.5 Å². The molecule has 0 saturated carbocycles. The van der Waals surface area contributed by atoms with Crippen molar-refractivity contribution >= 4 is 0 Å². The Morgan fingerprint density at radius 3 is 1.42 bits per heavy atom. The number of hydrogen-bond donors (Lipinski definition) is 2.